The highest BCUT2D eigenvalue weighted by Gasteiger charge is 2.19. The van der Waals surface area contributed by atoms with Crippen LogP contribution in [0.4, 0.5) is 11.5 Å². The molecular formula is C26H24BrN3O4S. The number of carbonyl (C=O) groups excluding carboxylic acids is 1. The van der Waals surface area contributed by atoms with Crippen molar-refractivity contribution in [1.82, 2.24) is 5.16 Å². The second kappa shape index (κ2) is 10.5. The van der Waals surface area contributed by atoms with Crippen LogP contribution in [-0.4, -0.2) is 19.4 Å². The minimum atomic E-state index is -3.82. The molecule has 0 spiro atoms. The van der Waals surface area contributed by atoms with Gasteiger partial charge in [0.25, 0.3) is 10.0 Å². The monoisotopic (exact) mass is 553 g/mol. The van der Waals surface area contributed by atoms with Crippen molar-refractivity contribution in [2.24, 2.45) is 0 Å². The van der Waals surface area contributed by atoms with Crippen LogP contribution in [-0.2, 0) is 10.0 Å². The van der Waals surface area contributed by atoms with Gasteiger partial charge in [-0.3, -0.25) is 9.52 Å². The number of anilines is 2. The number of aryl methyl sites for hydroxylation is 2. The van der Waals surface area contributed by atoms with Crippen LogP contribution in [0, 0.1) is 13.8 Å². The number of hydrogen-bond acceptors (Lipinski definition) is 6. The van der Waals surface area contributed by atoms with Crippen molar-refractivity contribution in [3.05, 3.63) is 106 Å². The van der Waals surface area contributed by atoms with E-state index in [-0.39, 0.29) is 29.0 Å². The molecule has 0 amide bonds. The molecule has 0 aliphatic rings. The van der Waals surface area contributed by atoms with E-state index < -0.39 is 10.0 Å². The Morgan fingerprint density at radius 2 is 1.63 bits per heavy atom. The van der Waals surface area contributed by atoms with Gasteiger partial charge in [0, 0.05) is 28.2 Å². The van der Waals surface area contributed by atoms with Crippen LogP contribution >= 0.6 is 15.9 Å². The zero-order valence-electron chi connectivity index (χ0n) is 19.2. The third kappa shape index (κ3) is 6.37. The van der Waals surface area contributed by atoms with E-state index in [0.717, 1.165) is 15.6 Å². The Morgan fingerprint density at radius 3 is 2.23 bits per heavy atom. The van der Waals surface area contributed by atoms with Crippen LogP contribution in [0.1, 0.15) is 39.7 Å². The second-order valence-corrected chi connectivity index (χ2v) is 10.8. The summed E-state index contributed by atoms with van der Waals surface area (Å²) < 4.78 is 33.5. The Labute approximate surface area is 212 Å². The van der Waals surface area contributed by atoms with Crippen molar-refractivity contribution in [1.29, 1.82) is 0 Å². The lowest BCUT2D eigenvalue weighted by atomic mass is 9.97. The maximum absolute atomic E-state index is 13.0. The number of rotatable bonds is 9. The third-order valence-corrected chi connectivity index (χ3v) is 7.31. The fraction of sp³-hybridized carbons (Fsp3) is 0.154. The van der Waals surface area contributed by atoms with Crippen LogP contribution in [0.2, 0.25) is 0 Å². The van der Waals surface area contributed by atoms with Crippen LogP contribution < -0.4 is 10.0 Å². The van der Waals surface area contributed by atoms with Crippen molar-refractivity contribution in [2.45, 2.75) is 31.2 Å². The van der Waals surface area contributed by atoms with E-state index in [9.17, 15) is 13.2 Å². The average molecular weight is 554 g/mol. The van der Waals surface area contributed by atoms with Gasteiger partial charge in [0.1, 0.15) is 5.76 Å². The van der Waals surface area contributed by atoms with Gasteiger partial charge in [-0.15, -0.1) is 0 Å². The van der Waals surface area contributed by atoms with Gasteiger partial charge < -0.3 is 9.84 Å². The number of sulfonamides is 1. The molecule has 0 saturated heterocycles. The smallest absolute Gasteiger partial charge is 0.263 e. The maximum Gasteiger partial charge on any atom is 0.263 e. The molecule has 1 unspecified atom stereocenters. The van der Waals surface area contributed by atoms with E-state index in [1.165, 1.54) is 18.2 Å². The van der Waals surface area contributed by atoms with E-state index in [1.54, 1.807) is 31.2 Å². The van der Waals surface area contributed by atoms with E-state index in [4.69, 9.17) is 4.52 Å². The molecule has 0 fully saturated rings. The number of carbonyl (C=O) groups is 1. The molecule has 0 radical (unpaired) electrons. The summed E-state index contributed by atoms with van der Waals surface area (Å²) in [5, 5.41) is 7.05. The van der Waals surface area contributed by atoms with Gasteiger partial charge in [0.05, 0.1) is 10.9 Å². The molecule has 1 atom stereocenters. The Kier molecular flexibility index (Phi) is 7.37. The lowest BCUT2D eigenvalue weighted by molar-refractivity contribution is 0.0976. The molecule has 9 heteroatoms. The summed E-state index contributed by atoms with van der Waals surface area (Å²) in [6.45, 7) is 3.68. The highest BCUT2D eigenvalue weighted by Crippen LogP contribution is 2.27. The summed E-state index contributed by atoms with van der Waals surface area (Å²) >= 11 is 3.39. The van der Waals surface area contributed by atoms with Gasteiger partial charge in [-0.05, 0) is 55.8 Å². The molecule has 0 aliphatic heterocycles. The summed E-state index contributed by atoms with van der Waals surface area (Å²) in [7, 11) is -3.82. The molecule has 3 aromatic carbocycles. The summed E-state index contributed by atoms with van der Waals surface area (Å²) in [5.41, 5.74) is 3.40. The summed E-state index contributed by atoms with van der Waals surface area (Å²) in [4.78, 5) is 13.1. The second-order valence-electron chi connectivity index (χ2n) is 8.19. The van der Waals surface area contributed by atoms with Crippen molar-refractivity contribution < 1.29 is 17.7 Å². The Bertz CT molecular complexity index is 1410. The highest BCUT2D eigenvalue weighted by molar-refractivity contribution is 9.10. The number of nitrogens with one attached hydrogen (secondary N) is 2. The largest absolute Gasteiger partial charge is 0.378 e. The average Bonchev–Trinajstić information content (AvgIpc) is 3.23. The number of hydrogen-bond donors (Lipinski definition) is 2. The van der Waals surface area contributed by atoms with Gasteiger partial charge in [0.2, 0.25) is 0 Å². The molecular weight excluding hydrogens is 530 g/mol. The zero-order chi connectivity index (χ0) is 25.0. The van der Waals surface area contributed by atoms with E-state index in [2.05, 4.69) is 31.1 Å². The molecule has 0 aliphatic carbocycles. The first-order chi connectivity index (χ1) is 16.7. The minimum absolute atomic E-state index is 0.00174. The third-order valence-electron chi connectivity index (χ3n) is 5.41. The minimum Gasteiger partial charge on any atom is -0.378 e. The van der Waals surface area contributed by atoms with Crippen LogP contribution in [0.25, 0.3) is 0 Å². The number of halogens is 1. The Hall–Kier alpha value is -3.43. The first-order valence-corrected chi connectivity index (χ1v) is 13.2. The van der Waals surface area contributed by atoms with Crippen molar-refractivity contribution in [2.75, 3.05) is 10.0 Å². The summed E-state index contributed by atoms with van der Waals surface area (Å²) in [6.07, 6.45) is 0.234. The number of ketones is 1. The van der Waals surface area contributed by atoms with Gasteiger partial charge >= 0.3 is 0 Å². The number of benzene rings is 3. The van der Waals surface area contributed by atoms with Gasteiger partial charge in [-0.1, -0.05) is 63.0 Å². The first-order valence-electron chi connectivity index (χ1n) is 10.9. The van der Waals surface area contributed by atoms with Crippen LogP contribution in [0.5, 0.6) is 0 Å². The van der Waals surface area contributed by atoms with E-state index in [0.29, 0.717) is 17.0 Å². The van der Waals surface area contributed by atoms with Crippen LogP contribution in [0.3, 0.4) is 0 Å². The van der Waals surface area contributed by atoms with Gasteiger partial charge in [-0.2, -0.15) is 0 Å². The zero-order valence-corrected chi connectivity index (χ0v) is 21.6. The lowest BCUT2D eigenvalue weighted by Crippen LogP contribution is -2.16. The van der Waals surface area contributed by atoms with E-state index in [1.807, 2.05) is 43.3 Å². The molecule has 180 valence electrons. The summed E-state index contributed by atoms with van der Waals surface area (Å²) in [5.74, 6) is 0.625. The normalized spacial score (nSPS) is 12.2. The van der Waals surface area contributed by atoms with Crippen LogP contribution in [0.15, 0.2) is 92.8 Å². The standard InChI is InChI=1S/C26H24BrN3O4S/c1-17-3-5-19(6-4-17)24(16-25(31)20-7-9-21(27)10-8-20)28-22-11-13-23(14-12-22)35(32,33)30-26-15-18(2)34-29-26/h3-15,24,28H,16H2,1-2H3,(H,29,30). The molecule has 0 bridgehead atoms. The molecule has 4 rings (SSSR count). The molecule has 1 heterocycles. The summed E-state index contributed by atoms with van der Waals surface area (Å²) in [6, 6.07) is 22.8. The highest BCUT2D eigenvalue weighted by atomic mass is 79.9. The quantitative estimate of drug-likeness (QED) is 0.236. The van der Waals surface area contributed by atoms with Gasteiger partial charge in [0.15, 0.2) is 11.6 Å². The number of aromatic nitrogens is 1. The topological polar surface area (TPSA) is 101 Å². The Morgan fingerprint density at radius 1 is 0.971 bits per heavy atom. The fourth-order valence-corrected chi connectivity index (χ4v) is 4.78. The fourth-order valence-electron chi connectivity index (χ4n) is 3.53. The van der Waals surface area contributed by atoms with Gasteiger partial charge in [-0.25, -0.2) is 8.42 Å². The molecule has 35 heavy (non-hydrogen) atoms. The Balaban J connectivity index is 1.53. The van der Waals surface area contributed by atoms with Crippen molar-refractivity contribution in [3.8, 4) is 0 Å². The molecule has 1 aromatic heterocycles. The van der Waals surface area contributed by atoms with Crippen molar-refractivity contribution in [3.63, 3.8) is 0 Å². The predicted octanol–water partition coefficient (Wildman–Crippen LogP) is 6.28. The molecule has 0 saturated carbocycles. The first kappa shape index (κ1) is 24.7. The molecule has 7 nitrogen and oxygen atoms in total. The SMILES string of the molecule is Cc1ccc(C(CC(=O)c2ccc(Br)cc2)Nc2ccc(S(=O)(=O)Nc3cc(C)on3)cc2)cc1. The molecule has 4 aromatic rings. The van der Waals surface area contributed by atoms with E-state index >= 15 is 0 Å². The van der Waals surface area contributed by atoms with Crippen molar-refractivity contribution >= 4 is 43.2 Å². The molecule has 2 N–H and O–H groups in total. The number of nitrogens with zero attached hydrogens (tertiary/aromatic N) is 1. The lowest BCUT2D eigenvalue weighted by Gasteiger charge is -2.20. The maximum atomic E-state index is 13.0. The predicted molar refractivity (Wildman–Crippen MR) is 139 cm³/mol. The number of Topliss-reactive ketones (excluding diaryl/α,β-unsaturated/α-hetero) is 1.